The fraction of sp³-hybridized carbons (Fsp3) is 0.0345. The van der Waals surface area contributed by atoms with Gasteiger partial charge in [-0.15, -0.1) is 0 Å². The molecule has 1 heterocycles. The highest BCUT2D eigenvalue weighted by Crippen LogP contribution is 2.32. The largest absolute Gasteiger partial charge is 0.454 e. The van der Waals surface area contributed by atoms with E-state index in [9.17, 15) is 19.2 Å². The van der Waals surface area contributed by atoms with E-state index in [4.69, 9.17) is 4.74 Å². The molecule has 0 atom stereocenters. The van der Waals surface area contributed by atoms with Gasteiger partial charge >= 0.3 is 5.97 Å². The molecular formula is C29H18BrNO5S. The number of amides is 2. The number of nitrogens with zero attached hydrogens (tertiary/aromatic N) is 1. The maximum Gasteiger partial charge on any atom is 0.338 e. The smallest absolute Gasteiger partial charge is 0.338 e. The molecule has 1 aliphatic rings. The first-order valence-electron chi connectivity index (χ1n) is 11.2. The number of Topliss-reactive ketones (excluding diaryl/α,β-unsaturated/α-hetero) is 1. The SMILES string of the molecule is O=C(COC(=O)c1ccc2c(c1)C(=O)N(c1ccc(Sc3ccccc3)cc1)C2=O)c1ccc(Br)cc1. The van der Waals surface area contributed by atoms with Crippen molar-refractivity contribution >= 4 is 56.9 Å². The molecule has 0 saturated heterocycles. The first-order chi connectivity index (χ1) is 17.9. The summed E-state index contributed by atoms with van der Waals surface area (Å²) in [6, 6.07) is 27.9. The van der Waals surface area contributed by atoms with E-state index in [0.717, 1.165) is 19.2 Å². The predicted molar refractivity (Wildman–Crippen MR) is 143 cm³/mol. The highest BCUT2D eigenvalue weighted by molar-refractivity contribution is 9.10. The zero-order valence-corrected chi connectivity index (χ0v) is 21.6. The highest BCUT2D eigenvalue weighted by atomic mass is 79.9. The van der Waals surface area contributed by atoms with Crippen LogP contribution in [0.2, 0.25) is 0 Å². The second-order valence-corrected chi connectivity index (χ2v) is 10.2. The maximum absolute atomic E-state index is 13.1. The van der Waals surface area contributed by atoms with Gasteiger partial charge < -0.3 is 4.74 Å². The predicted octanol–water partition coefficient (Wildman–Crippen LogP) is 6.44. The van der Waals surface area contributed by atoms with Crippen molar-refractivity contribution in [2.45, 2.75) is 9.79 Å². The maximum atomic E-state index is 13.1. The van der Waals surface area contributed by atoms with Crippen LogP contribution in [0.25, 0.3) is 0 Å². The molecule has 2 amide bonds. The van der Waals surface area contributed by atoms with Crippen molar-refractivity contribution in [1.29, 1.82) is 0 Å². The van der Waals surface area contributed by atoms with E-state index >= 15 is 0 Å². The third-order valence-electron chi connectivity index (χ3n) is 5.70. The van der Waals surface area contributed by atoms with Gasteiger partial charge in [-0.3, -0.25) is 14.4 Å². The van der Waals surface area contributed by atoms with E-state index in [1.165, 1.54) is 18.2 Å². The summed E-state index contributed by atoms with van der Waals surface area (Å²) < 4.78 is 5.99. The number of fused-ring (bicyclic) bond motifs is 1. The first kappa shape index (κ1) is 24.7. The molecule has 37 heavy (non-hydrogen) atoms. The van der Waals surface area contributed by atoms with Crippen LogP contribution in [0.5, 0.6) is 0 Å². The topological polar surface area (TPSA) is 80.8 Å². The molecule has 0 aromatic heterocycles. The Morgan fingerprint density at radius 2 is 1.35 bits per heavy atom. The average Bonchev–Trinajstić information content (AvgIpc) is 3.17. The van der Waals surface area contributed by atoms with Crippen LogP contribution in [-0.4, -0.2) is 30.2 Å². The summed E-state index contributed by atoms with van der Waals surface area (Å²) in [5.74, 6) is -2.10. The van der Waals surface area contributed by atoms with Crippen LogP contribution in [0.15, 0.2) is 111 Å². The summed E-state index contributed by atoms with van der Waals surface area (Å²) in [7, 11) is 0. The van der Waals surface area contributed by atoms with E-state index in [-0.39, 0.29) is 22.5 Å². The summed E-state index contributed by atoms with van der Waals surface area (Å²) >= 11 is 4.88. The molecule has 6 nitrogen and oxygen atoms in total. The molecule has 4 aromatic carbocycles. The number of carbonyl (C=O) groups excluding carboxylic acids is 4. The van der Waals surface area contributed by atoms with Crippen LogP contribution in [0.1, 0.15) is 41.4 Å². The van der Waals surface area contributed by atoms with E-state index in [2.05, 4.69) is 15.9 Å². The molecule has 0 bridgehead atoms. The third-order valence-corrected chi connectivity index (χ3v) is 7.24. The lowest BCUT2D eigenvalue weighted by Crippen LogP contribution is -2.29. The number of ether oxygens (including phenoxy) is 1. The zero-order chi connectivity index (χ0) is 25.9. The minimum atomic E-state index is -0.755. The molecular weight excluding hydrogens is 554 g/mol. The molecule has 1 aliphatic heterocycles. The van der Waals surface area contributed by atoms with E-state index in [1.54, 1.807) is 48.2 Å². The number of esters is 1. The van der Waals surface area contributed by atoms with Crippen molar-refractivity contribution < 1.29 is 23.9 Å². The van der Waals surface area contributed by atoms with Gasteiger partial charge in [-0.05, 0) is 66.7 Å². The molecule has 5 rings (SSSR count). The van der Waals surface area contributed by atoms with Crippen molar-refractivity contribution in [3.8, 4) is 0 Å². The Hall–Kier alpha value is -4.01. The van der Waals surface area contributed by atoms with Gasteiger partial charge in [-0.1, -0.05) is 58.0 Å². The Morgan fingerprint density at radius 3 is 2.05 bits per heavy atom. The molecule has 0 N–H and O–H groups in total. The third kappa shape index (κ3) is 5.26. The zero-order valence-electron chi connectivity index (χ0n) is 19.2. The molecule has 0 saturated carbocycles. The van der Waals surface area contributed by atoms with Crippen molar-refractivity contribution in [3.63, 3.8) is 0 Å². The number of anilines is 1. The first-order valence-corrected chi connectivity index (χ1v) is 12.8. The molecule has 0 radical (unpaired) electrons. The van der Waals surface area contributed by atoms with E-state index in [0.29, 0.717) is 11.3 Å². The molecule has 0 spiro atoms. The molecule has 0 aliphatic carbocycles. The van der Waals surface area contributed by atoms with Gasteiger partial charge in [0, 0.05) is 19.8 Å². The summed E-state index contributed by atoms with van der Waals surface area (Å²) in [5, 5.41) is 0. The van der Waals surface area contributed by atoms with Crippen molar-refractivity contribution in [2.24, 2.45) is 0 Å². The molecule has 182 valence electrons. The molecule has 8 heteroatoms. The summed E-state index contributed by atoms with van der Waals surface area (Å²) in [6.45, 7) is -0.441. The minimum absolute atomic E-state index is 0.0833. The minimum Gasteiger partial charge on any atom is -0.454 e. The monoisotopic (exact) mass is 571 g/mol. The number of rotatable bonds is 7. The fourth-order valence-corrected chi connectivity index (χ4v) is 4.93. The van der Waals surface area contributed by atoms with Gasteiger partial charge in [0.15, 0.2) is 12.4 Å². The number of carbonyl (C=O) groups is 4. The molecule has 4 aromatic rings. The van der Waals surface area contributed by atoms with Gasteiger partial charge in [0.1, 0.15) is 0 Å². The average molecular weight is 572 g/mol. The fourth-order valence-electron chi connectivity index (χ4n) is 3.82. The van der Waals surface area contributed by atoms with Gasteiger partial charge in [0.05, 0.1) is 22.4 Å². The van der Waals surface area contributed by atoms with Gasteiger partial charge in [-0.2, -0.15) is 0 Å². The quantitative estimate of drug-likeness (QED) is 0.144. The highest BCUT2D eigenvalue weighted by Gasteiger charge is 2.37. The number of hydrogen-bond donors (Lipinski definition) is 0. The second kappa shape index (κ2) is 10.5. The van der Waals surface area contributed by atoms with Crippen LogP contribution in [0.3, 0.4) is 0 Å². The molecule has 0 unspecified atom stereocenters. The summed E-state index contributed by atoms with van der Waals surface area (Å²) in [4.78, 5) is 54.1. The van der Waals surface area contributed by atoms with Gasteiger partial charge in [0.2, 0.25) is 0 Å². The Kier molecular flexibility index (Phi) is 7.03. The normalized spacial score (nSPS) is 12.4. The Bertz CT molecular complexity index is 1520. The number of halogens is 1. The lowest BCUT2D eigenvalue weighted by molar-refractivity contribution is 0.0474. The number of ketones is 1. The molecule has 0 fully saturated rings. The number of hydrogen-bond acceptors (Lipinski definition) is 6. The van der Waals surface area contributed by atoms with Crippen LogP contribution < -0.4 is 4.90 Å². The van der Waals surface area contributed by atoms with Crippen molar-refractivity contribution in [2.75, 3.05) is 11.5 Å². The van der Waals surface area contributed by atoms with Crippen molar-refractivity contribution in [3.05, 3.63) is 124 Å². The second-order valence-electron chi connectivity index (χ2n) is 8.12. The van der Waals surface area contributed by atoms with Crippen LogP contribution in [0, 0.1) is 0 Å². The standard InChI is InChI=1S/C29H18BrNO5S/c30-20-9-6-18(7-10-20)26(32)17-36-29(35)19-8-15-24-25(16-19)28(34)31(27(24)33)21-11-13-23(14-12-21)37-22-4-2-1-3-5-22/h1-16H,17H2. The number of benzene rings is 4. The lowest BCUT2D eigenvalue weighted by Gasteiger charge is -2.14. The lowest BCUT2D eigenvalue weighted by atomic mass is 10.1. The van der Waals surface area contributed by atoms with Crippen LogP contribution in [0.4, 0.5) is 5.69 Å². The van der Waals surface area contributed by atoms with Gasteiger partial charge in [0.25, 0.3) is 11.8 Å². The Labute approximate surface area is 225 Å². The number of imide groups is 1. The summed E-state index contributed by atoms with van der Waals surface area (Å²) in [6.07, 6.45) is 0. The van der Waals surface area contributed by atoms with Crippen LogP contribution in [-0.2, 0) is 4.74 Å². The Balaban J connectivity index is 1.28. The van der Waals surface area contributed by atoms with Crippen LogP contribution >= 0.6 is 27.7 Å². The van der Waals surface area contributed by atoms with E-state index in [1.807, 2.05) is 42.5 Å². The van der Waals surface area contributed by atoms with Gasteiger partial charge in [-0.25, -0.2) is 9.69 Å². The summed E-state index contributed by atoms with van der Waals surface area (Å²) in [5.41, 5.74) is 1.25. The van der Waals surface area contributed by atoms with E-state index < -0.39 is 24.4 Å². The Morgan fingerprint density at radius 1 is 0.730 bits per heavy atom. The van der Waals surface area contributed by atoms with Crippen molar-refractivity contribution in [1.82, 2.24) is 0 Å².